The van der Waals surface area contributed by atoms with Crippen LogP contribution >= 0.6 is 0 Å². The van der Waals surface area contributed by atoms with Crippen molar-refractivity contribution >= 4 is 12.6 Å². The second-order valence-electron chi connectivity index (χ2n) is 8.69. The Morgan fingerprint density at radius 3 is 1.90 bits per heavy atom. The minimum Gasteiger partial charge on any atom is -0.393 e. The number of carbonyl (C=O) groups excluding carboxylic acids is 2. The first-order valence-corrected chi connectivity index (χ1v) is 11.9. The lowest BCUT2D eigenvalue weighted by atomic mass is 9.60. The number of hydrogen-bond acceptors (Lipinski definition) is 4. The lowest BCUT2D eigenvalue weighted by Crippen LogP contribution is -2.56. The van der Waals surface area contributed by atoms with E-state index >= 15 is 0 Å². The summed E-state index contributed by atoms with van der Waals surface area (Å²) < 4.78 is 0. The van der Waals surface area contributed by atoms with Gasteiger partial charge >= 0.3 is 0 Å². The molecule has 0 bridgehead atoms. The molecule has 1 aromatic carbocycles. The van der Waals surface area contributed by atoms with Crippen LogP contribution in [-0.4, -0.2) is 35.0 Å². The average Bonchev–Trinajstić information content (AvgIpc) is 2.79. The van der Waals surface area contributed by atoms with Crippen LogP contribution in [0.5, 0.6) is 0 Å². The minimum atomic E-state index is -1.76. The van der Waals surface area contributed by atoms with E-state index in [1.165, 1.54) is 6.42 Å². The van der Waals surface area contributed by atoms with Crippen LogP contribution in [0.25, 0.3) is 0 Å². The zero-order valence-corrected chi connectivity index (χ0v) is 19.0. The van der Waals surface area contributed by atoms with Gasteiger partial charge < -0.3 is 19.8 Å². The maximum absolute atomic E-state index is 12.4. The van der Waals surface area contributed by atoms with E-state index in [1.807, 2.05) is 30.3 Å². The van der Waals surface area contributed by atoms with Crippen molar-refractivity contribution in [3.8, 4) is 0 Å². The molecule has 0 aliphatic rings. The summed E-state index contributed by atoms with van der Waals surface area (Å²) in [7, 11) is 0. The molecular formula is C26H42O4. The van der Waals surface area contributed by atoms with Crippen LogP contribution in [-0.2, 0) is 9.59 Å². The quantitative estimate of drug-likeness (QED) is 0.185. The van der Waals surface area contributed by atoms with Crippen molar-refractivity contribution < 1.29 is 19.8 Å². The lowest BCUT2D eigenvalue weighted by molar-refractivity contribution is -0.159. The summed E-state index contributed by atoms with van der Waals surface area (Å²) in [5.41, 5.74) is -2.55. The molecule has 2 N–H and O–H groups in total. The van der Waals surface area contributed by atoms with Crippen LogP contribution in [0, 0.1) is 5.41 Å². The molecule has 1 aromatic rings. The maximum Gasteiger partial charge on any atom is 0.136 e. The third kappa shape index (κ3) is 7.02. The highest BCUT2D eigenvalue weighted by molar-refractivity contribution is 5.87. The first-order valence-electron chi connectivity index (χ1n) is 11.9. The highest BCUT2D eigenvalue weighted by Crippen LogP contribution is 2.46. The molecule has 0 aliphatic carbocycles. The Labute approximate surface area is 183 Å². The average molecular weight is 419 g/mol. The molecule has 0 saturated heterocycles. The van der Waals surface area contributed by atoms with E-state index in [-0.39, 0.29) is 6.42 Å². The van der Waals surface area contributed by atoms with E-state index in [0.29, 0.717) is 25.4 Å². The van der Waals surface area contributed by atoms with Crippen LogP contribution in [0.3, 0.4) is 0 Å². The fraction of sp³-hybridized carbons (Fsp3) is 0.692. The number of rotatable bonds is 18. The molecule has 0 aromatic heterocycles. The van der Waals surface area contributed by atoms with Gasteiger partial charge in [0.15, 0.2) is 0 Å². The van der Waals surface area contributed by atoms with Crippen molar-refractivity contribution in [1.82, 2.24) is 0 Å². The summed E-state index contributed by atoms with van der Waals surface area (Å²) in [5, 5.41) is 21.6. The van der Waals surface area contributed by atoms with Gasteiger partial charge in [0.2, 0.25) is 0 Å². The monoisotopic (exact) mass is 418 g/mol. The molecule has 0 radical (unpaired) electrons. The number of aliphatic hydroxyl groups is 2. The van der Waals surface area contributed by atoms with E-state index in [2.05, 4.69) is 13.8 Å². The van der Waals surface area contributed by atoms with E-state index in [1.54, 1.807) is 0 Å². The van der Waals surface area contributed by atoms with Crippen LogP contribution in [0.15, 0.2) is 30.3 Å². The molecule has 0 fully saturated rings. The standard InChI is InChI=1S/C26H42O4/c1-3-5-7-9-10-15-19-26(30,22-29)25(20-27,21-28)24(18-14-8-6-4-2)23-16-12-11-13-17-23/h11-13,16-17,20-21,24,29-30H,3-10,14-15,18-19,22H2,1-2H3. The summed E-state index contributed by atoms with van der Waals surface area (Å²) in [5.74, 6) is -0.456. The number of hydrogen-bond donors (Lipinski definition) is 2. The van der Waals surface area contributed by atoms with Gasteiger partial charge in [-0.25, -0.2) is 0 Å². The molecule has 0 saturated carbocycles. The molecule has 4 nitrogen and oxygen atoms in total. The fourth-order valence-electron chi connectivity index (χ4n) is 4.51. The summed E-state index contributed by atoms with van der Waals surface area (Å²) >= 11 is 0. The van der Waals surface area contributed by atoms with Gasteiger partial charge in [-0.2, -0.15) is 0 Å². The van der Waals surface area contributed by atoms with Crippen LogP contribution in [0.4, 0.5) is 0 Å². The lowest BCUT2D eigenvalue weighted by Gasteiger charge is -2.44. The zero-order valence-electron chi connectivity index (χ0n) is 19.0. The number of aldehydes is 2. The SMILES string of the molecule is CCCCCCCCC(O)(CO)C(C=O)(C=O)C(CCCCCC)c1ccccc1. The maximum atomic E-state index is 12.4. The van der Waals surface area contributed by atoms with Gasteiger partial charge in [-0.05, 0) is 18.4 Å². The zero-order chi connectivity index (χ0) is 22.3. The largest absolute Gasteiger partial charge is 0.393 e. The Morgan fingerprint density at radius 1 is 0.833 bits per heavy atom. The second kappa shape index (κ2) is 14.5. The molecule has 2 atom stereocenters. The van der Waals surface area contributed by atoms with E-state index in [9.17, 15) is 19.8 Å². The second-order valence-corrected chi connectivity index (χ2v) is 8.69. The minimum absolute atomic E-state index is 0.241. The molecule has 170 valence electrons. The normalized spacial score (nSPS) is 14.8. The van der Waals surface area contributed by atoms with Gasteiger partial charge in [-0.1, -0.05) is 108 Å². The fourth-order valence-corrected chi connectivity index (χ4v) is 4.51. The van der Waals surface area contributed by atoms with E-state index in [4.69, 9.17) is 0 Å². The third-order valence-corrected chi connectivity index (χ3v) is 6.53. The molecule has 4 heteroatoms. The molecule has 0 heterocycles. The van der Waals surface area contributed by atoms with Crippen molar-refractivity contribution in [2.24, 2.45) is 5.41 Å². The number of benzene rings is 1. The van der Waals surface area contributed by atoms with Crippen molar-refractivity contribution in [1.29, 1.82) is 0 Å². The van der Waals surface area contributed by atoms with Crippen molar-refractivity contribution in [2.75, 3.05) is 6.61 Å². The summed E-state index contributed by atoms with van der Waals surface area (Å²) in [6.45, 7) is 3.70. The summed E-state index contributed by atoms with van der Waals surface area (Å²) in [6, 6.07) is 9.50. The Hall–Kier alpha value is -1.52. The number of carbonyl (C=O) groups is 2. The summed E-state index contributed by atoms with van der Waals surface area (Å²) in [6.07, 6.45) is 12.3. The molecule has 30 heavy (non-hydrogen) atoms. The number of aliphatic hydroxyl groups excluding tert-OH is 1. The molecule has 1 rings (SSSR count). The molecule has 0 amide bonds. The predicted molar refractivity (Wildman–Crippen MR) is 123 cm³/mol. The van der Waals surface area contributed by atoms with Crippen molar-refractivity contribution in [2.45, 2.75) is 102 Å². The Bertz CT molecular complexity index is 578. The first kappa shape index (κ1) is 26.5. The van der Waals surface area contributed by atoms with Gasteiger partial charge in [-0.15, -0.1) is 0 Å². The van der Waals surface area contributed by atoms with Crippen LogP contribution in [0.1, 0.15) is 102 Å². The van der Waals surface area contributed by atoms with Gasteiger partial charge in [0.25, 0.3) is 0 Å². The van der Waals surface area contributed by atoms with Gasteiger partial charge in [0.1, 0.15) is 23.6 Å². The molecule has 0 aliphatic heterocycles. The third-order valence-electron chi connectivity index (χ3n) is 6.53. The first-order chi connectivity index (χ1) is 14.5. The van der Waals surface area contributed by atoms with Gasteiger partial charge in [0, 0.05) is 5.92 Å². The van der Waals surface area contributed by atoms with E-state index in [0.717, 1.165) is 56.9 Å². The van der Waals surface area contributed by atoms with Crippen molar-refractivity contribution in [3.63, 3.8) is 0 Å². The molecule has 2 unspecified atom stereocenters. The molecule has 0 spiro atoms. The summed E-state index contributed by atoms with van der Waals surface area (Å²) in [4.78, 5) is 24.9. The Morgan fingerprint density at radius 2 is 1.37 bits per heavy atom. The highest BCUT2D eigenvalue weighted by Gasteiger charge is 2.55. The van der Waals surface area contributed by atoms with Crippen molar-refractivity contribution in [3.05, 3.63) is 35.9 Å². The van der Waals surface area contributed by atoms with E-state index < -0.39 is 23.5 Å². The van der Waals surface area contributed by atoms with Crippen LogP contribution in [0.2, 0.25) is 0 Å². The van der Waals surface area contributed by atoms with Crippen LogP contribution < -0.4 is 0 Å². The van der Waals surface area contributed by atoms with Gasteiger partial charge in [-0.3, -0.25) is 0 Å². The number of unbranched alkanes of at least 4 members (excludes halogenated alkanes) is 8. The topological polar surface area (TPSA) is 74.6 Å². The predicted octanol–water partition coefficient (Wildman–Crippen LogP) is 5.60. The smallest absolute Gasteiger partial charge is 0.136 e. The Kier molecular flexibility index (Phi) is 12.8. The van der Waals surface area contributed by atoms with Gasteiger partial charge in [0.05, 0.1) is 6.61 Å². The molecular weight excluding hydrogens is 376 g/mol. The highest BCUT2D eigenvalue weighted by atomic mass is 16.3. The Balaban J connectivity index is 3.12.